The molecule has 0 saturated carbocycles. The predicted octanol–water partition coefficient (Wildman–Crippen LogP) is -1.57. The first-order chi connectivity index (χ1) is 8.98. The number of sulfonamides is 1. The molecule has 0 saturated heterocycles. The molecule has 1 aromatic heterocycles. The molecule has 10 heteroatoms. The number of nitrogens with one attached hydrogen (secondary N) is 3. The highest BCUT2D eigenvalue weighted by atomic mass is 32.2. The van der Waals surface area contributed by atoms with Crippen molar-refractivity contribution in [1.82, 2.24) is 20.0 Å². The second kappa shape index (κ2) is 6.97. The van der Waals surface area contributed by atoms with Gasteiger partial charge in [-0.1, -0.05) is 6.92 Å². The zero-order valence-corrected chi connectivity index (χ0v) is 11.2. The number of carbonyl (C=O) groups is 1. The summed E-state index contributed by atoms with van der Waals surface area (Å²) in [5, 5.41) is 2.44. The molecular weight excluding hydrogens is 272 g/mol. The van der Waals surface area contributed by atoms with Crippen LogP contribution in [0.15, 0.2) is 12.4 Å². The Morgan fingerprint density at radius 1 is 1.37 bits per heavy atom. The molecule has 1 heterocycles. The molecule has 1 rings (SSSR count). The average molecular weight is 288 g/mol. The van der Waals surface area contributed by atoms with Crippen molar-refractivity contribution in [2.75, 3.05) is 24.3 Å². The van der Waals surface area contributed by atoms with E-state index in [9.17, 15) is 13.2 Å². The minimum absolute atomic E-state index is 0.00721. The van der Waals surface area contributed by atoms with Gasteiger partial charge in [0, 0.05) is 13.1 Å². The Morgan fingerprint density at radius 3 is 2.63 bits per heavy atom. The Bertz CT molecular complexity index is 515. The van der Waals surface area contributed by atoms with E-state index in [1.165, 1.54) is 12.4 Å². The fourth-order valence-corrected chi connectivity index (χ4v) is 2.16. The lowest BCUT2D eigenvalue weighted by Crippen LogP contribution is -2.34. The fourth-order valence-electron chi connectivity index (χ4n) is 1.20. The molecule has 0 spiro atoms. The third-order valence-corrected chi connectivity index (χ3v) is 3.52. The molecule has 9 nitrogen and oxygen atoms in total. The Labute approximate surface area is 111 Å². The van der Waals surface area contributed by atoms with Gasteiger partial charge in [0.1, 0.15) is 5.69 Å². The molecule has 1 aromatic rings. The number of nitrogen functional groups attached to an aromatic ring is 1. The second-order valence-electron chi connectivity index (χ2n) is 3.50. The normalized spacial score (nSPS) is 11.1. The van der Waals surface area contributed by atoms with Gasteiger partial charge in [0.05, 0.1) is 18.1 Å². The molecule has 5 N–H and O–H groups in total. The van der Waals surface area contributed by atoms with E-state index in [0.29, 0.717) is 12.4 Å². The largest absolute Gasteiger partial charge is 0.350 e. The lowest BCUT2D eigenvalue weighted by atomic mass is 10.4. The Hall–Kier alpha value is -1.78. The zero-order valence-electron chi connectivity index (χ0n) is 10.4. The summed E-state index contributed by atoms with van der Waals surface area (Å²) in [6.07, 6.45) is 2.54. The van der Waals surface area contributed by atoms with Crippen LogP contribution in [-0.2, 0) is 10.0 Å². The van der Waals surface area contributed by atoms with E-state index < -0.39 is 15.9 Å². The van der Waals surface area contributed by atoms with Crippen molar-refractivity contribution in [2.45, 2.75) is 6.92 Å². The minimum atomic E-state index is -3.35. The molecule has 0 aliphatic heterocycles. The molecule has 0 aliphatic carbocycles. The van der Waals surface area contributed by atoms with Crippen LogP contribution in [0.3, 0.4) is 0 Å². The second-order valence-corrected chi connectivity index (χ2v) is 5.43. The van der Waals surface area contributed by atoms with Gasteiger partial charge < -0.3 is 10.7 Å². The van der Waals surface area contributed by atoms with Crippen LogP contribution in [0.2, 0.25) is 0 Å². The summed E-state index contributed by atoms with van der Waals surface area (Å²) >= 11 is 0. The molecule has 0 unspecified atom stereocenters. The van der Waals surface area contributed by atoms with E-state index in [4.69, 9.17) is 5.84 Å². The van der Waals surface area contributed by atoms with Gasteiger partial charge in [0.2, 0.25) is 10.0 Å². The molecule has 106 valence electrons. The quantitative estimate of drug-likeness (QED) is 0.351. The van der Waals surface area contributed by atoms with Crippen molar-refractivity contribution < 1.29 is 13.2 Å². The summed E-state index contributed by atoms with van der Waals surface area (Å²) in [5.74, 6) is 4.74. The van der Waals surface area contributed by atoms with Crippen LogP contribution in [0.25, 0.3) is 0 Å². The minimum Gasteiger partial charge on any atom is -0.350 e. The predicted molar refractivity (Wildman–Crippen MR) is 69.6 cm³/mol. The first-order valence-electron chi connectivity index (χ1n) is 5.52. The van der Waals surface area contributed by atoms with Crippen LogP contribution >= 0.6 is 0 Å². The Morgan fingerprint density at radius 2 is 2.11 bits per heavy atom. The maximum Gasteiger partial charge on any atom is 0.271 e. The number of nitrogens with zero attached hydrogens (tertiary/aromatic N) is 2. The van der Waals surface area contributed by atoms with Crippen LogP contribution in [0.4, 0.5) is 5.82 Å². The summed E-state index contributed by atoms with van der Waals surface area (Å²) in [6, 6.07) is 0. The topological polar surface area (TPSA) is 139 Å². The van der Waals surface area contributed by atoms with Crippen LogP contribution in [0, 0.1) is 0 Å². The van der Waals surface area contributed by atoms with Crippen LogP contribution < -0.4 is 21.3 Å². The van der Waals surface area contributed by atoms with Crippen molar-refractivity contribution in [3.8, 4) is 0 Å². The number of hydrogen-bond acceptors (Lipinski definition) is 7. The van der Waals surface area contributed by atoms with Gasteiger partial charge in [-0.2, -0.15) is 0 Å². The summed E-state index contributed by atoms with van der Waals surface area (Å²) in [6.45, 7) is 1.99. The number of anilines is 1. The third kappa shape index (κ3) is 5.16. The number of aromatic nitrogens is 2. The van der Waals surface area contributed by atoms with E-state index in [-0.39, 0.29) is 18.0 Å². The highest BCUT2D eigenvalue weighted by molar-refractivity contribution is 7.89. The number of nitrogens with two attached hydrogens (primary N) is 1. The van der Waals surface area contributed by atoms with Gasteiger partial charge in [-0.15, -0.1) is 0 Å². The maximum atomic E-state index is 11.6. The lowest BCUT2D eigenvalue weighted by molar-refractivity contribution is 0.0951. The number of carbonyl (C=O) groups excluding carboxylic acids is 1. The molecular formula is C9H16N6O3S. The molecule has 0 atom stereocenters. The van der Waals surface area contributed by atoms with E-state index in [2.05, 4.69) is 25.4 Å². The monoisotopic (exact) mass is 288 g/mol. The molecule has 0 aliphatic rings. The zero-order chi connectivity index (χ0) is 14.3. The molecule has 1 amide bonds. The number of hydrogen-bond donors (Lipinski definition) is 4. The van der Waals surface area contributed by atoms with E-state index >= 15 is 0 Å². The first-order valence-corrected chi connectivity index (χ1v) is 7.18. The summed E-state index contributed by atoms with van der Waals surface area (Å²) in [5.41, 5.74) is 2.36. The summed E-state index contributed by atoms with van der Waals surface area (Å²) < 4.78 is 25.0. The Balaban J connectivity index is 2.47. The van der Waals surface area contributed by atoms with Crippen molar-refractivity contribution in [3.05, 3.63) is 18.1 Å². The van der Waals surface area contributed by atoms with E-state index in [1.807, 2.05) is 0 Å². The highest BCUT2D eigenvalue weighted by Crippen LogP contribution is 1.98. The van der Waals surface area contributed by atoms with E-state index in [0.717, 1.165) is 0 Å². The molecule has 0 aromatic carbocycles. The SMILES string of the molecule is CCNS(=O)(=O)CCNC(=O)c1cnc(NN)cn1. The standard InChI is InChI=1S/C9H16N6O3S/c1-2-14-19(17,18)4-3-11-9(16)7-5-13-8(15-10)6-12-7/h5-6,14H,2-4,10H2,1H3,(H,11,16)(H,13,15). The molecule has 0 bridgehead atoms. The van der Waals surface area contributed by atoms with Crippen molar-refractivity contribution in [3.63, 3.8) is 0 Å². The van der Waals surface area contributed by atoms with E-state index in [1.54, 1.807) is 6.92 Å². The smallest absolute Gasteiger partial charge is 0.271 e. The average Bonchev–Trinajstić information content (AvgIpc) is 2.38. The van der Waals surface area contributed by atoms with Gasteiger partial charge >= 0.3 is 0 Å². The van der Waals surface area contributed by atoms with Gasteiger partial charge in [-0.05, 0) is 0 Å². The van der Waals surface area contributed by atoms with Crippen molar-refractivity contribution in [1.29, 1.82) is 0 Å². The number of rotatable bonds is 7. The lowest BCUT2D eigenvalue weighted by Gasteiger charge is -2.06. The van der Waals surface area contributed by atoms with Crippen LogP contribution in [-0.4, -0.2) is 43.1 Å². The molecule has 19 heavy (non-hydrogen) atoms. The van der Waals surface area contributed by atoms with Crippen LogP contribution in [0.1, 0.15) is 17.4 Å². The van der Waals surface area contributed by atoms with Crippen molar-refractivity contribution in [2.24, 2.45) is 5.84 Å². The summed E-state index contributed by atoms with van der Waals surface area (Å²) in [7, 11) is -3.35. The third-order valence-electron chi connectivity index (χ3n) is 2.05. The number of hydrazine groups is 1. The van der Waals surface area contributed by atoms with Crippen LogP contribution in [0.5, 0.6) is 0 Å². The van der Waals surface area contributed by atoms with Crippen molar-refractivity contribution >= 4 is 21.7 Å². The summed E-state index contributed by atoms with van der Waals surface area (Å²) in [4.78, 5) is 19.2. The Kier molecular flexibility index (Phi) is 5.60. The molecule has 0 fully saturated rings. The highest BCUT2D eigenvalue weighted by Gasteiger charge is 2.11. The van der Waals surface area contributed by atoms with Gasteiger partial charge in [0.15, 0.2) is 5.82 Å². The van der Waals surface area contributed by atoms with Gasteiger partial charge in [0.25, 0.3) is 5.91 Å². The fraction of sp³-hybridized carbons (Fsp3) is 0.444. The maximum absolute atomic E-state index is 11.6. The van der Waals surface area contributed by atoms with Gasteiger partial charge in [-0.25, -0.2) is 29.0 Å². The number of amides is 1. The van der Waals surface area contributed by atoms with Gasteiger partial charge in [-0.3, -0.25) is 4.79 Å². The molecule has 0 radical (unpaired) electrons. The first kappa shape index (κ1) is 15.3.